The molecule has 2 aliphatic rings. The number of rotatable bonds is 1. The molecular formula is C11H13N5O3S. The topological polar surface area (TPSA) is 105 Å². The number of thioether (sulfide) groups is 1. The molecule has 0 aromatic carbocycles. The third kappa shape index (κ3) is 1.51. The predicted octanol–water partition coefficient (Wildman–Crippen LogP) is -0.407. The van der Waals surface area contributed by atoms with Gasteiger partial charge in [0.05, 0.1) is 6.10 Å². The first kappa shape index (κ1) is 12.3. The standard InChI is InChI=1S/C11H13N5O3S/c1-12-8-5-9(14-3-13-8)16-10-7(18)6(17)4(19-10)2-20-11(16)15-5/h3-4,6-7,10,17-18H,2H2,1H3,(H,12,13,14). The Balaban J connectivity index is 1.95. The van der Waals surface area contributed by atoms with Gasteiger partial charge in [-0.15, -0.1) is 0 Å². The van der Waals surface area contributed by atoms with E-state index in [2.05, 4.69) is 20.3 Å². The molecule has 0 aliphatic carbocycles. The highest BCUT2D eigenvalue weighted by Gasteiger charge is 2.47. The normalized spacial score (nSPS) is 32.1. The molecule has 4 unspecified atom stereocenters. The monoisotopic (exact) mass is 295 g/mol. The van der Waals surface area contributed by atoms with Crippen molar-refractivity contribution in [3.63, 3.8) is 0 Å². The van der Waals surface area contributed by atoms with Crippen LogP contribution in [0.25, 0.3) is 11.2 Å². The van der Waals surface area contributed by atoms with E-state index in [9.17, 15) is 10.2 Å². The molecule has 2 aromatic heterocycles. The minimum Gasteiger partial charge on any atom is -0.387 e. The molecule has 0 saturated carbocycles. The molecule has 2 bridgehead atoms. The zero-order chi connectivity index (χ0) is 13.9. The number of hydrogen-bond acceptors (Lipinski definition) is 8. The number of ether oxygens (including phenoxy) is 1. The van der Waals surface area contributed by atoms with Crippen LogP contribution in [0.15, 0.2) is 11.5 Å². The Labute approximate surface area is 118 Å². The molecule has 4 heterocycles. The maximum absolute atomic E-state index is 10.2. The zero-order valence-electron chi connectivity index (χ0n) is 10.6. The molecule has 106 valence electrons. The summed E-state index contributed by atoms with van der Waals surface area (Å²) in [6.07, 6.45) is -1.48. The number of aliphatic hydroxyl groups is 2. The lowest BCUT2D eigenvalue weighted by Gasteiger charge is -2.18. The number of aromatic nitrogens is 4. The molecule has 8 nitrogen and oxygen atoms in total. The summed E-state index contributed by atoms with van der Waals surface area (Å²) < 4.78 is 7.47. The van der Waals surface area contributed by atoms with E-state index < -0.39 is 18.4 Å². The second kappa shape index (κ2) is 4.29. The van der Waals surface area contributed by atoms with E-state index in [1.165, 1.54) is 18.1 Å². The van der Waals surface area contributed by atoms with Gasteiger partial charge >= 0.3 is 0 Å². The molecule has 2 aliphatic heterocycles. The lowest BCUT2D eigenvalue weighted by atomic mass is 10.1. The van der Waals surface area contributed by atoms with Crippen molar-refractivity contribution in [3.05, 3.63) is 6.33 Å². The molecule has 20 heavy (non-hydrogen) atoms. The van der Waals surface area contributed by atoms with Crippen molar-refractivity contribution < 1.29 is 14.9 Å². The van der Waals surface area contributed by atoms with Crippen molar-refractivity contribution in [1.82, 2.24) is 19.5 Å². The van der Waals surface area contributed by atoms with E-state index in [1.807, 2.05) is 0 Å². The maximum atomic E-state index is 10.2. The van der Waals surface area contributed by atoms with Gasteiger partial charge in [0.2, 0.25) is 0 Å². The highest BCUT2D eigenvalue weighted by Crippen LogP contribution is 2.41. The molecular weight excluding hydrogens is 282 g/mol. The molecule has 3 N–H and O–H groups in total. The molecule has 4 atom stereocenters. The number of nitrogens with one attached hydrogen (secondary N) is 1. The van der Waals surface area contributed by atoms with Crippen LogP contribution in [0.3, 0.4) is 0 Å². The van der Waals surface area contributed by atoms with Crippen molar-refractivity contribution >= 4 is 28.7 Å². The van der Waals surface area contributed by atoms with Gasteiger partial charge in [0, 0.05) is 12.8 Å². The number of imidazole rings is 1. The van der Waals surface area contributed by atoms with Crippen LogP contribution in [0.5, 0.6) is 0 Å². The highest BCUT2D eigenvalue weighted by molar-refractivity contribution is 7.99. The fourth-order valence-corrected chi connectivity index (χ4v) is 3.71. The van der Waals surface area contributed by atoms with Gasteiger partial charge in [0.25, 0.3) is 0 Å². The Kier molecular flexibility index (Phi) is 2.64. The van der Waals surface area contributed by atoms with Crippen molar-refractivity contribution in [1.29, 1.82) is 0 Å². The van der Waals surface area contributed by atoms with Crippen molar-refractivity contribution in [2.75, 3.05) is 18.1 Å². The van der Waals surface area contributed by atoms with E-state index in [0.717, 1.165) is 5.16 Å². The summed E-state index contributed by atoms with van der Waals surface area (Å²) >= 11 is 1.48. The van der Waals surface area contributed by atoms with E-state index in [4.69, 9.17) is 4.74 Å². The minimum absolute atomic E-state index is 0.387. The molecule has 0 spiro atoms. The third-order valence-corrected chi connectivity index (χ3v) is 4.69. The number of hydrogen-bond donors (Lipinski definition) is 3. The van der Waals surface area contributed by atoms with Gasteiger partial charge in [0.15, 0.2) is 28.4 Å². The summed E-state index contributed by atoms with van der Waals surface area (Å²) in [5.74, 6) is 1.17. The first-order valence-electron chi connectivity index (χ1n) is 6.26. The molecule has 2 aromatic rings. The Hall–Kier alpha value is -1.42. The predicted molar refractivity (Wildman–Crippen MR) is 71.5 cm³/mol. The lowest BCUT2D eigenvalue weighted by molar-refractivity contribution is -0.0316. The summed E-state index contributed by atoms with van der Waals surface area (Å²) in [6, 6.07) is 0. The van der Waals surface area contributed by atoms with Crippen LogP contribution in [0.1, 0.15) is 6.23 Å². The van der Waals surface area contributed by atoms with Crippen molar-refractivity contribution in [3.8, 4) is 0 Å². The molecule has 1 saturated heterocycles. The maximum Gasteiger partial charge on any atom is 0.172 e. The summed E-state index contributed by atoms with van der Waals surface area (Å²) in [6.45, 7) is 0. The first-order chi connectivity index (χ1) is 9.70. The minimum atomic E-state index is -0.981. The molecule has 9 heteroatoms. The summed E-state index contributed by atoms with van der Waals surface area (Å²) in [5, 5.41) is 23.8. The quantitative estimate of drug-likeness (QED) is 0.652. The zero-order valence-corrected chi connectivity index (χ0v) is 11.4. The van der Waals surface area contributed by atoms with Gasteiger partial charge in [-0.25, -0.2) is 15.0 Å². The van der Waals surface area contributed by atoms with E-state index in [-0.39, 0.29) is 6.10 Å². The third-order valence-electron chi connectivity index (χ3n) is 3.65. The number of anilines is 1. The van der Waals surface area contributed by atoms with Crippen LogP contribution in [0.4, 0.5) is 5.82 Å². The van der Waals surface area contributed by atoms with E-state index in [0.29, 0.717) is 22.7 Å². The first-order valence-corrected chi connectivity index (χ1v) is 7.24. The summed E-state index contributed by atoms with van der Waals surface area (Å²) in [7, 11) is 1.76. The molecule has 4 rings (SSSR count). The van der Waals surface area contributed by atoms with Crippen LogP contribution in [0, 0.1) is 0 Å². The van der Waals surface area contributed by atoms with E-state index in [1.54, 1.807) is 11.6 Å². The fourth-order valence-electron chi connectivity index (χ4n) is 2.64. The number of fused-ring (bicyclic) bond motifs is 6. The van der Waals surface area contributed by atoms with Gasteiger partial charge in [-0.05, 0) is 0 Å². The van der Waals surface area contributed by atoms with Crippen molar-refractivity contribution in [2.24, 2.45) is 0 Å². The average Bonchev–Trinajstić information content (AvgIpc) is 2.88. The van der Waals surface area contributed by atoms with Gasteiger partial charge in [-0.3, -0.25) is 4.57 Å². The van der Waals surface area contributed by atoms with Gasteiger partial charge in [0.1, 0.15) is 18.5 Å². The Morgan fingerprint density at radius 1 is 1.40 bits per heavy atom. The largest absolute Gasteiger partial charge is 0.387 e. The Morgan fingerprint density at radius 3 is 3.05 bits per heavy atom. The molecule has 1 fully saturated rings. The summed E-state index contributed by atoms with van der Waals surface area (Å²) in [4.78, 5) is 12.9. The SMILES string of the molecule is CNc1ncnc2c1nc1n2C2OC(CS1)C(O)C2O. The van der Waals surface area contributed by atoms with Gasteiger partial charge in [-0.2, -0.15) is 0 Å². The fraction of sp³-hybridized carbons (Fsp3) is 0.545. The van der Waals surface area contributed by atoms with Crippen LogP contribution in [-0.4, -0.2) is 60.8 Å². The number of nitrogens with zero attached hydrogens (tertiary/aromatic N) is 4. The van der Waals surface area contributed by atoms with Crippen LogP contribution in [-0.2, 0) is 4.74 Å². The van der Waals surface area contributed by atoms with Crippen LogP contribution in [0.2, 0.25) is 0 Å². The smallest absolute Gasteiger partial charge is 0.172 e. The number of aliphatic hydroxyl groups excluding tert-OH is 2. The van der Waals surface area contributed by atoms with Crippen LogP contribution < -0.4 is 5.32 Å². The second-order valence-corrected chi connectivity index (χ2v) is 5.75. The van der Waals surface area contributed by atoms with Gasteiger partial charge < -0.3 is 20.3 Å². The second-order valence-electron chi connectivity index (χ2n) is 4.77. The van der Waals surface area contributed by atoms with E-state index >= 15 is 0 Å². The highest BCUT2D eigenvalue weighted by atomic mass is 32.2. The molecule has 0 amide bonds. The Morgan fingerprint density at radius 2 is 2.25 bits per heavy atom. The van der Waals surface area contributed by atoms with Crippen molar-refractivity contribution in [2.45, 2.75) is 29.7 Å². The molecule has 0 radical (unpaired) electrons. The van der Waals surface area contributed by atoms with Gasteiger partial charge in [-0.1, -0.05) is 11.8 Å². The average molecular weight is 295 g/mol. The summed E-state index contributed by atoms with van der Waals surface area (Å²) in [5.41, 5.74) is 1.22. The van der Waals surface area contributed by atoms with Crippen LogP contribution >= 0.6 is 11.8 Å². The lowest BCUT2D eigenvalue weighted by Crippen LogP contribution is -2.34. The Bertz CT molecular complexity index is 677.